The molecule has 6 rings (SSSR count). The van der Waals surface area contributed by atoms with Gasteiger partial charge in [0.2, 0.25) is 0 Å². The Bertz CT molecular complexity index is 1890. The third kappa shape index (κ3) is 7.21. The van der Waals surface area contributed by atoms with E-state index in [1.807, 2.05) is 74.8 Å². The first-order valence-corrected chi connectivity index (χ1v) is 18.6. The largest absolute Gasteiger partial charge is 0.305 e. The summed E-state index contributed by atoms with van der Waals surface area (Å²) in [5.41, 5.74) is 6.08. The van der Waals surface area contributed by atoms with Gasteiger partial charge in [0.25, 0.3) is 0 Å². The number of aromatic nitrogens is 2. The van der Waals surface area contributed by atoms with Crippen LogP contribution in [0.25, 0.3) is 42.7 Å². The predicted octanol–water partition coefficient (Wildman–Crippen LogP) is 10.4. The van der Waals surface area contributed by atoms with Crippen molar-refractivity contribution in [3.8, 4) is 22.5 Å². The third-order valence-corrected chi connectivity index (χ3v) is 10.6. The predicted molar refractivity (Wildman–Crippen MR) is 181 cm³/mol. The van der Waals surface area contributed by atoms with Crippen LogP contribution >= 0.6 is 11.3 Å². The molecular weight excluding hydrogens is 744 g/mol. The standard InChI is InChI=1S/C20H15FNS.C17H22NSi.Ir/c1-12(2)13-9-10-22-18(11-13)16-7-3-5-14-15-6-4-8-17(21)20(15)23-19(14)16;1-13(2)15-11-16(14-9-7-6-8-10-14)18-12-17(15)19(3,4)5;/h3-6,8-12H,1-2H3;6-9,11-13H,1-5H3;/q2*-1;/i;13D;. The van der Waals surface area contributed by atoms with Crippen molar-refractivity contribution in [1.29, 1.82) is 0 Å². The molecule has 0 aliphatic carbocycles. The zero-order valence-electron chi connectivity index (χ0n) is 26.7. The van der Waals surface area contributed by atoms with Gasteiger partial charge in [-0.05, 0) is 50.6 Å². The molecule has 3 heterocycles. The number of pyridine rings is 2. The van der Waals surface area contributed by atoms with Crippen molar-refractivity contribution >= 4 is 44.8 Å². The van der Waals surface area contributed by atoms with Crippen LogP contribution < -0.4 is 5.19 Å². The molecule has 43 heavy (non-hydrogen) atoms. The smallest absolute Gasteiger partial charge is 0.140 e. The van der Waals surface area contributed by atoms with Gasteiger partial charge in [0.1, 0.15) is 5.82 Å². The Morgan fingerprint density at radius 3 is 2.28 bits per heavy atom. The van der Waals surface area contributed by atoms with Gasteiger partial charge in [0.05, 0.1) is 12.8 Å². The SMILES string of the molecule is CC(C)c1ccnc(-c2[c-]ccc3c2sc2c(F)cccc23)c1.[2H]C(C)(C)c1cc(-c2[c-]cccc2)ncc1[Si](C)(C)C.[Ir]. The Morgan fingerprint density at radius 1 is 0.837 bits per heavy atom. The molecule has 0 aliphatic heterocycles. The number of rotatable bonds is 5. The van der Waals surface area contributed by atoms with Gasteiger partial charge in [-0.25, -0.2) is 4.39 Å². The summed E-state index contributed by atoms with van der Waals surface area (Å²) in [5, 5.41) is 3.30. The van der Waals surface area contributed by atoms with Gasteiger partial charge >= 0.3 is 0 Å². The molecule has 6 aromatic rings. The van der Waals surface area contributed by atoms with Crippen LogP contribution in [0.2, 0.25) is 19.6 Å². The molecule has 1 radical (unpaired) electrons. The van der Waals surface area contributed by atoms with E-state index in [4.69, 9.17) is 1.37 Å². The van der Waals surface area contributed by atoms with Crippen LogP contribution in [0.1, 0.15) is 52.0 Å². The van der Waals surface area contributed by atoms with E-state index in [0.717, 1.165) is 43.6 Å². The van der Waals surface area contributed by atoms with Gasteiger partial charge < -0.3 is 9.97 Å². The maximum absolute atomic E-state index is 14.1. The summed E-state index contributed by atoms with van der Waals surface area (Å²) in [6.07, 6.45) is 3.82. The minimum absolute atomic E-state index is 0. The Labute approximate surface area is 275 Å². The first kappa shape index (κ1) is 31.4. The number of benzene rings is 3. The summed E-state index contributed by atoms with van der Waals surface area (Å²) in [4.78, 5) is 9.13. The van der Waals surface area contributed by atoms with Gasteiger partial charge in [0, 0.05) is 33.9 Å². The summed E-state index contributed by atoms with van der Waals surface area (Å²) in [6.45, 7) is 15.1. The molecule has 6 heteroatoms. The van der Waals surface area contributed by atoms with E-state index in [1.165, 1.54) is 28.2 Å². The molecule has 0 spiro atoms. The Balaban J connectivity index is 0.000000199. The average molecular weight is 782 g/mol. The molecule has 0 saturated heterocycles. The number of fused-ring (bicyclic) bond motifs is 3. The van der Waals surface area contributed by atoms with Crippen LogP contribution in [0.5, 0.6) is 0 Å². The molecule has 0 amide bonds. The van der Waals surface area contributed by atoms with Gasteiger partial charge in [-0.3, -0.25) is 0 Å². The Morgan fingerprint density at radius 2 is 1.60 bits per heavy atom. The molecule has 0 bridgehead atoms. The normalized spacial score (nSPS) is 12.1. The van der Waals surface area contributed by atoms with Gasteiger partial charge in [-0.1, -0.05) is 88.1 Å². The summed E-state index contributed by atoms with van der Waals surface area (Å²) < 4.78 is 24.3. The summed E-state index contributed by atoms with van der Waals surface area (Å²) in [6, 6.07) is 29.7. The molecule has 3 aromatic heterocycles. The van der Waals surface area contributed by atoms with Crippen molar-refractivity contribution in [3.05, 3.63) is 114 Å². The van der Waals surface area contributed by atoms with Gasteiger partial charge in [-0.15, -0.1) is 59.7 Å². The summed E-state index contributed by atoms with van der Waals surface area (Å²) in [5.74, 6) is -0.337. The molecule has 0 atom stereocenters. The molecule has 0 unspecified atom stereocenters. The number of nitrogens with zero attached hydrogens (tertiary/aromatic N) is 2. The number of halogens is 1. The molecule has 3 aromatic carbocycles. The molecule has 223 valence electrons. The third-order valence-electron chi connectivity index (χ3n) is 7.35. The minimum Gasteiger partial charge on any atom is -0.305 e. The van der Waals surface area contributed by atoms with Crippen molar-refractivity contribution in [2.45, 2.75) is 59.1 Å². The Hall–Kier alpha value is -3.02. The van der Waals surface area contributed by atoms with Gasteiger partial charge in [-0.2, -0.15) is 11.3 Å². The van der Waals surface area contributed by atoms with Crippen LogP contribution in [-0.4, -0.2) is 18.0 Å². The van der Waals surface area contributed by atoms with Crippen molar-refractivity contribution < 1.29 is 25.9 Å². The van der Waals surface area contributed by atoms with Crippen LogP contribution in [-0.2, 0) is 20.1 Å². The van der Waals surface area contributed by atoms with E-state index in [2.05, 4.69) is 67.7 Å². The van der Waals surface area contributed by atoms with E-state index in [9.17, 15) is 4.39 Å². The Kier molecular flexibility index (Phi) is 10.0. The van der Waals surface area contributed by atoms with Crippen molar-refractivity contribution in [3.63, 3.8) is 0 Å². The molecule has 0 saturated carbocycles. The first-order valence-electron chi connectivity index (χ1n) is 14.8. The number of hydrogen-bond donors (Lipinski definition) is 0. The number of hydrogen-bond acceptors (Lipinski definition) is 3. The van der Waals surface area contributed by atoms with Crippen molar-refractivity contribution in [2.24, 2.45) is 0 Å². The maximum Gasteiger partial charge on any atom is 0.140 e. The van der Waals surface area contributed by atoms with E-state index >= 15 is 0 Å². The second-order valence-corrected chi connectivity index (χ2v) is 18.1. The van der Waals surface area contributed by atoms with E-state index in [0.29, 0.717) is 10.6 Å². The minimum atomic E-state index is -1.50. The zero-order chi connectivity index (χ0) is 30.9. The molecule has 2 nitrogen and oxygen atoms in total. The maximum atomic E-state index is 14.1. The quantitative estimate of drug-likeness (QED) is 0.129. The molecular formula is C37H37FIrN2SSi-2. The van der Waals surface area contributed by atoms with Gasteiger partial charge in [0.15, 0.2) is 0 Å². The monoisotopic (exact) mass is 782 g/mol. The van der Waals surface area contributed by atoms with Crippen molar-refractivity contribution in [1.82, 2.24) is 9.97 Å². The summed E-state index contributed by atoms with van der Waals surface area (Å²) in [7, 11) is -1.50. The second-order valence-electron chi connectivity index (χ2n) is 12.1. The fourth-order valence-corrected chi connectivity index (χ4v) is 7.82. The molecule has 0 N–H and O–H groups in total. The number of thiophene rings is 1. The topological polar surface area (TPSA) is 25.8 Å². The van der Waals surface area contributed by atoms with Crippen molar-refractivity contribution in [2.75, 3.05) is 0 Å². The molecule has 0 aliphatic rings. The fourth-order valence-electron chi connectivity index (χ4n) is 5.03. The molecule has 0 fully saturated rings. The van der Waals surface area contributed by atoms with E-state index < -0.39 is 14.0 Å². The van der Waals surface area contributed by atoms with Crippen LogP contribution in [0.15, 0.2) is 85.2 Å². The first-order chi connectivity index (χ1) is 20.3. The fraction of sp³-hybridized carbons (Fsp3) is 0.243. The summed E-state index contributed by atoms with van der Waals surface area (Å²) >= 11 is 1.48. The van der Waals surface area contributed by atoms with Crippen LogP contribution in [0.4, 0.5) is 4.39 Å². The van der Waals surface area contributed by atoms with Crippen LogP contribution in [0.3, 0.4) is 0 Å². The second kappa shape index (κ2) is 13.7. The zero-order valence-corrected chi connectivity index (χ0v) is 29.9. The van der Waals surface area contributed by atoms with Crippen LogP contribution in [0, 0.1) is 17.9 Å². The van der Waals surface area contributed by atoms with E-state index in [-0.39, 0.29) is 25.9 Å². The van der Waals surface area contributed by atoms with E-state index in [1.54, 1.807) is 6.07 Å². The average Bonchev–Trinajstić information content (AvgIpc) is 3.37.